The van der Waals surface area contributed by atoms with E-state index in [0.29, 0.717) is 17.4 Å². The van der Waals surface area contributed by atoms with Crippen LogP contribution in [-0.4, -0.2) is 7.11 Å². The van der Waals surface area contributed by atoms with Crippen molar-refractivity contribution >= 4 is 11.6 Å². The number of halogens is 1. The molecule has 0 amide bonds. The second-order valence-electron chi connectivity index (χ2n) is 3.53. The van der Waals surface area contributed by atoms with Gasteiger partial charge in [-0.1, -0.05) is 24.3 Å². The molecule has 2 aromatic carbocycles. The summed E-state index contributed by atoms with van der Waals surface area (Å²) in [7, 11) is 1.62. The highest BCUT2D eigenvalue weighted by Gasteiger charge is 2.04. The van der Waals surface area contributed by atoms with Crippen LogP contribution < -0.4 is 9.47 Å². The lowest BCUT2D eigenvalue weighted by Crippen LogP contribution is -1.90. The molecule has 0 N–H and O–H groups in total. The zero-order chi connectivity index (χ0) is 12.1. The molecule has 0 bridgehead atoms. The maximum atomic E-state index is 5.78. The number of alkyl halides is 1. The minimum atomic E-state index is 0.475. The SMILES string of the molecule is COc1ccccc1Oc1cccc(CCl)c1. The number of para-hydroxylation sites is 2. The summed E-state index contributed by atoms with van der Waals surface area (Å²) >= 11 is 5.78. The Balaban J connectivity index is 2.24. The fourth-order valence-electron chi connectivity index (χ4n) is 1.52. The largest absolute Gasteiger partial charge is 0.493 e. The first-order valence-corrected chi connectivity index (χ1v) is 5.82. The zero-order valence-electron chi connectivity index (χ0n) is 9.52. The van der Waals surface area contributed by atoms with Crippen molar-refractivity contribution in [1.82, 2.24) is 0 Å². The Kier molecular flexibility index (Phi) is 3.89. The predicted molar refractivity (Wildman–Crippen MR) is 69.1 cm³/mol. The Hall–Kier alpha value is -1.67. The maximum absolute atomic E-state index is 5.78. The fraction of sp³-hybridized carbons (Fsp3) is 0.143. The van der Waals surface area contributed by atoms with Crippen molar-refractivity contribution in [2.24, 2.45) is 0 Å². The summed E-state index contributed by atoms with van der Waals surface area (Å²) in [5.74, 6) is 2.64. The Morgan fingerprint density at radius 1 is 1.00 bits per heavy atom. The standard InChI is InChI=1S/C14H13ClO2/c1-16-13-7-2-3-8-14(13)17-12-6-4-5-11(9-12)10-15/h2-9H,10H2,1H3. The lowest BCUT2D eigenvalue weighted by atomic mass is 10.2. The minimum absolute atomic E-state index is 0.475. The highest BCUT2D eigenvalue weighted by atomic mass is 35.5. The van der Waals surface area contributed by atoms with E-state index in [2.05, 4.69) is 0 Å². The van der Waals surface area contributed by atoms with Crippen molar-refractivity contribution in [3.8, 4) is 17.2 Å². The third-order valence-electron chi connectivity index (χ3n) is 2.35. The number of methoxy groups -OCH3 is 1. The molecule has 0 fully saturated rings. The number of hydrogen-bond acceptors (Lipinski definition) is 2. The molecule has 0 aromatic heterocycles. The average molecular weight is 249 g/mol. The van der Waals surface area contributed by atoms with E-state index >= 15 is 0 Å². The lowest BCUT2D eigenvalue weighted by molar-refractivity contribution is 0.379. The van der Waals surface area contributed by atoms with Crippen LogP contribution in [0.1, 0.15) is 5.56 Å². The van der Waals surface area contributed by atoms with E-state index in [1.807, 2.05) is 48.5 Å². The molecule has 2 nitrogen and oxygen atoms in total. The van der Waals surface area contributed by atoms with Gasteiger partial charge in [-0.3, -0.25) is 0 Å². The maximum Gasteiger partial charge on any atom is 0.169 e. The fourth-order valence-corrected chi connectivity index (χ4v) is 1.69. The van der Waals surface area contributed by atoms with E-state index in [-0.39, 0.29) is 0 Å². The summed E-state index contributed by atoms with van der Waals surface area (Å²) in [4.78, 5) is 0. The second-order valence-corrected chi connectivity index (χ2v) is 3.80. The lowest BCUT2D eigenvalue weighted by Gasteiger charge is -2.10. The molecule has 3 heteroatoms. The molecule has 88 valence electrons. The minimum Gasteiger partial charge on any atom is -0.493 e. The van der Waals surface area contributed by atoms with E-state index in [4.69, 9.17) is 21.1 Å². The highest BCUT2D eigenvalue weighted by molar-refractivity contribution is 6.17. The van der Waals surface area contributed by atoms with Gasteiger partial charge in [0.2, 0.25) is 0 Å². The molecule has 17 heavy (non-hydrogen) atoms. The highest BCUT2D eigenvalue weighted by Crippen LogP contribution is 2.31. The molecule has 0 heterocycles. The normalized spacial score (nSPS) is 10.0. The summed E-state index contributed by atoms with van der Waals surface area (Å²) in [5, 5.41) is 0. The second kappa shape index (κ2) is 5.60. The van der Waals surface area contributed by atoms with Crippen molar-refractivity contribution in [2.45, 2.75) is 5.88 Å². The van der Waals surface area contributed by atoms with E-state index in [1.54, 1.807) is 7.11 Å². The Bertz CT molecular complexity index is 497. The Morgan fingerprint density at radius 3 is 2.47 bits per heavy atom. The quantitative estimate of drug-likeness (QED) is 0.754. The average Bonchev–Trinajstić information content (AvgIpc) is 2.39. The summed E-state index contributed by atoms with van der Waals surface area (Å²) in [6.45, 7) is 0. The van der Waals surface area contributed by atoms with Gasteiger partial charge in [-0.25, -0.2) is 0 Å². The van der Waals surface area contributed by atoms with Crippen LogP contribution in [0, 0.1) is 0 Å². The van der Waals surface area contributed by atoms with Gasteiger partial charge in [-0.15, -0.1) is 11.6 Å². The van der Waals surface area contributed by atoms with Gasteiger partial charge in [0.25, 0.3) is 0 Å². The number of ether oxygens (including phenoxy) is 2. The summed E-state index contributed by atoms with van der Waals surface area (Å²) in [5.41, 5.74) is 1.03. The van der Waals surface area contributed by atoms with E-state index in [0.717, 1.165) is 11.3 Å². The topological polar surface area (TPSA) is 18.5 Å². The molecule has 0 saturated heterocycles. The number of rotatable bonds is 4. The van der Waals surface area contributed by atoms with Crippen LogP contribution in [0.5, 0.6) is 17.2 Å². The first kappa shape index (κ1) is 11.8. The van der Waals surface area contributed by atoms with Gasteiger partial charge in [0.05, 0.1) is 7.11 Å². The molecule has 0 unspecified atom stereocenters. The molecule has 0 radical (unpaired) electrons. The Labute approximate surface area is 106 Å². The molecular weight excluding hydrogens is 236 g/mol. The first-order chi connectivity index (χ1) is 8.33. The molecule has 0 aliphatic rings. The smallest absolute Gasteiger partial charge is 0.169 e. The third-order valence-corrected chi connectivity index (χ3v) is 2.66. The molecule has 0 saturated carbocycles. The summed E-state index contributed by atoms with van der Waals surface area (Å²) in [6.07, 6.45) is 0. The third kappa shape index (κ3) is 2.92. The molecular formula is C14H13ClO2. The molecule has 0 atom stereocenters. The molecule has 0 aliphatic heterocycles. The van der Waals surface area contributed by atoms with Crippen molar-refractivity contribution in [2.75, 3.05) is 7.11 Å². The van der Waals surface area contributed by atoms with Gasteiger partial charge < -0.3 is 9.47 Å². The Morgan fingerprint density at radius 2 is 1.76 bits per heavy atom. The van der Waals surface area contributed by atoms with Gasteiger partial charge in [0.1, 0.15) is 5.75 Å². The molecule has 0 spiro atoms. The van der Waals surface area contributed by atoms with Crippen LogP contribution in [0.25, 0.3) is 0 Å². The number of benzene rings is 2. The van der Waals surface area contributed by atoms with Crippen LogP contribution >= 0.6 is 11.6 Å². The van der Waals surface area contributed by atoms with Crippen LogP contribution in [-0.2, 0) is 5.88 Å². The number of hydrogen-bond donors (Lipinski definition) is 0. The van der Waals surface area contributed by atoms with Gasteiger partial charge in [-0.05, 0) is 29.8 Å². The van der Waals surface area contributed by atoms with Gasteiger partial charge in [-0.2, -0.15) is 0 Å². The van der Waals surface area contributed by atoms with Gasteiger partial charge in [0.15, 0.2) is 11.5 Å². The van der Waals surface area contributed by atoms with Crippen LogP contribution in [0.4, 0.5) is 0 Å². The molecule has 0 aliphatic carbocycles. The van der Waals surface area contributed by atoms with Crippen LogP contribution in [0.15, 0.2) is 48.5 Å². The van der Waals surface area contributed by atoms with Crippen molar-refractivity contribution in [3.63, 3.8) is 0 Å². The van der Waals surface area contributed by atoms with Gasteiger partial charge >= 0.3 is 0 Å². The summed E-state index contributed by atoms with van der Waals surface area (Å²) < 4.78 is 11.0. The van der Waals surface area contributed by atoms with Crippen molar-refractivity contribution in [1.29, 1.82) is 0 Å². The van der Waals surface area contributed by atoms with Crippen LogP contribution in [0.2, 0.25) is 0 Å². The molecule has 2 rings (SSSR count). The van der Waals surface area contributed by atoms with Crippen molar-refractivity contribution < 1.29 is 9.47 Å². The van der Waals surface area contributed by atoms with Crippen LogP contribution in [0.3, 0.4) is 0 Å². The van der Waals surface area contributed by atoms with E-state index in [9.17, 15) is 0 Å². The molecule has 2 aromatic rings. The summed E-state index contributed by atoms with van der Waals surface area (Å²) in [6, 6.07) is 15.2. The zero-order valence-corrected chi connectivity index (χ0v) is 10.3. The van der Waals surface area contributed by atoms with E-state index in [1.165, 1.54) is 0 Å². The first-order valence-electron chi connectivity index (χ1n) is 5.29. The van der Waals surface area contributed by atoms with Crippen molar-refractivity contribution in [3.05, 3.63) is 54.1 Å². The van der Waals surface area contributed by atoms with Gasteiger partial charge in [0, 0.05) is 5.88 Å². The predicted octanol–water partition coefficient (Wildman–Crippen LogP) is 4.23. The van der Waals surface area contributed by atoms with E-state index < -0.39 is 0 Å². The monoisotopic (exact) mass is 248 g/mol.